The van der Waals surface area contributed by atoms with Gasteiger partial charge in [-0.05, 0) is 38.3 Å². The fraction of sp³-hybridized carbons (Fsp3) is 0.387. The Morgan fingerprint density at radius 1 is 1.05 bits per heavy atom. The number of esters is 1. The van der Waals surface area contributed by atoms with Gasteiger partial charge in [-0.1, -0.05) is 96.1 Å². The molecular formula is C31H47N3O4. The number of aryl methyl sites for hydroxylation is 1. The molecule has 0 spiro atoms. The van der Waals surface area contributed by atoms with Crippen LogP contribution in [0.2, 0.25) is 0 Å². The first-order chi connectivity index (χ1) is 17.7. The summed E-state index contributed by atoms with van der Waals surface area (Å²) >= 11 is 0. The highest BCUT2D eigenvalue weighted by Gasteiger charge is 2.28. The van der Waals surface area contributed by atoms with Crippen molar-refractivity contribution < 1.29 is 19.4 Å². The van der Waals surface area contributed by atoms with E-state index in [4.69, 9.17) is 5.41 Å². The lowest BCUT2D eigenvalue weighted by atomic mass is 9.89. The number of ether oxygens (including phenoxy) is 1. The molecule has 0 saturated carbocycles. The van der Waals surface area contributed by atoms with E-state index in [1.165, 1.54) is 7.11 Å². The molecule has 0 unspecified atom stereocenters. The van der Waals surface area contributed by atoms with Gasteiger partial charge in [-0.2, -0.15) is 0 Å². The van der Waals surface area contributed by atoms with Crippen molar-refractivity contribution in [2.45, 2.75) is 69.2 Å². The van der Waals surface area contributed by atoms with E-state index in [0.717, 1.165) is 34.4 Å². The molecule has 0 aliphatic carbocycles. The molecule has 0 atom stereocenters. The van der Waals surface area contributed by atoms with Crippen LogP contribution in [0, 0.1) is 12.3 Å². The van der Waals surface area contributed by atoms with Crippen LogP contribution in [-0.2, 0) is 14.3 Å². The molecule has 1 heterocycles. The predicted octanol–water partition coefficient (Wildman–Crippen LogP) is 7.27. The van der Waals surface area contributed by atoms with Crippen LogP contribution in [-0.4, -0.2) is 36.3 Å². The summed E-state index contributed by atoms with van der Waals surface area (Å²) < 4.78 is 4.54. The van der Waals surface area contributed by atoms with Crippen LogP contribution in [0.1, 0.15) is 79.0 Å². The summed E-state index contributed by atoms with van der Waals surface area (Å²) in [5.41, 5.74) is 5.92. The number of aliphatic hydroxyl groups is 1. The number of hydrogen-bond donors (Lipinski definition) is 4. The lowest BCUT2D eigenvalue weighted by Crippen LogP contribution is -2.37. The number of amides is 1. The molecule has 0 fully saturated rings. The molecule has 3 rings (SSSR count). The van der Waals surface area contributed by atoms with Gasteiger partial charge in [0.15, 0.2) is 5.76 Å². The Kier molecular flexibility index (Phi) is 18.4. The van der Waals surface area contributed by atoms with Gasteiger partial charge in [0.2, 0.25) is 0 Å². The van der Waals surface area contributed by atoms with Gasteiger partial charge in [0.05, 0.1) is 7.11 Å². The van der Waals surface area contributed by atoms with Crippen molar-refractivity contribution in [1.82, 2.24) is 10.6 Å². The summed E-state index contributed by atoms with van der Waals surface area (Å²) in [5.74, 6) is -1.31. The zero-order valence-corrected chi connectivity index (χ0v) is 23.7. The van der Waals surface area contributed by atoms with Gasteiger partial charge in [0.25, 0.3) is 5.91 Å². The average molecular weight is 526 g/mol. The van der Waals surface area contributed by atoms with Crippen LogP contribution in [0.3, 0.4) is 0 Å². The summed E-state index contributed by atoms with van der Waals surface area (Å²) in [7, 11) is 1.25. The molecule has 0 bridgehead atoms. The Bertz CT molecular complexity index is 1110. The number of carbonyl (C=O) groups is 2. The van der Waals surface area contributed by atoms with Crippen molar-refractivity contribution in [3.8, 4) is 11.1 Å². The standard InChI is InChI=1S/C23H24N2O4.C3H7N.2C2H6.CH4/c1-4-7-18-20-16(15-9-5-8-14(2)12-15)10-6-11-17(20)22(27)21(25-18)23(28)24-13-19(26)29-3;1-3(2)4;2*1-2;/h5-12,25,27H,4,13H2,1-3H3,(H,24,28);4H,1-2H3;2*1-2H3;1H4/b18-7+;;;;. The molecule has 2 aromatic rings. The molecule has 7 nitrogen and oxygen atoms in total. The third-order valence-electron chi connectivity index (χ3n) is 4.67. The monoisotopic (exact) mass is 525 g/mol. The summed E-state index contributed by atoms with van der Waals surface area (Å²) in [6.45, 7) is 15.2. The predicted molar refractivity (Wildman–Crippen MR) is 161 cm³/mol. The average Bonchev–Trinajstić information content (AvgIpc) is 2.90. The van der Waals surface area contributed by atoms with E-state index in [1.54, 1.807) is 19.9 Å². The Balaban J connectivity index is 0. The first kappa shape index (κ1) is 36.3. The molecule has 2 aromatic carbocycles. The maximum Gasteiger partial charge on any atom is 0.325 e. The van der Waals surface area contributed by atoms with Crippen molar-refractivity contribution in [3.63, 3.8) is 0 Å². The smallest absolute Gasteiger partial charge is 0.325 e. The van der Waals surface area contributed by atoms with E-state index < -0.39 is 11.9 Å². The second-order valence-corrected chi connectivity index (χ2v) is 7.73. The van der Waals surface area contributed by atoms with Gasteiger partial charge in [0, 0.05) is 22.5 Å². The second kappa shape index (κ2) is 19.3. The highest BCUT2D eigenvalue weighted by atomic mass is 16.5. The first-order valence-corrected chi connectivity index (χ1v) is 12.7. The molecule has 0 saturated heterocycles. The number of rotatable bonds is 5. The molecular weight excluding hydrogens is 478 g/mol. The maximum absolute atomic E-state index is 12.6. The molecule has 7 heteroatoms. The minimum atomic E-state index is -0.582. The number of benzene rings is 2. The Hall–Kier alpha value is -3.87. The SMILES string of the molecule is C.CC.CC.CC(C)=N.CC/C=C1/NC(C(=O)NCC(=O)OC)=C(O)c2cccc(-c3cccc(C)c3)c21. The number of aliphatic hydroxyl groups excluding tert-OH is 1. The van der Waals surface area contributed by atoms with Crippen molar-refractivity contribution in [2.75, 3.05) is 13.7 Å². The molecule has 1 aliphatic rings. The van der Waals surface area contributed by atoms with E-state index in [2.05, 4.69) is 21.4 Å². The van der Waals surface area contributed by atoms with Gasteiger partial charge < -0.3 is 25.9 Å². The number of carbonyl (C=O) groups excluding carboxylic acids is 2. The second-order valence-electron chi connectivity index (χ2n) is 7.73. The maximum atomic E-state index is 12.6. The van der Waals surface area contributed by atoms with Gasteiger partial charge in [-0.25, -0.2) is 0 Å². The quantitative estimate of drug-likeness (QED) is 0.242. The largest absolute Gasteiger partial charge is 0.505 e. The van der Waals surface area contributed by atoms with Crippen LogP contribution in [0.15, 0.2) is 54.2 Å². The number of nitrogens with one attached hydrogen (secondary N) is 3. The van der Waals surface area contributed by atoms with E-state index in [1.807, 2.05) is 78.0 Å². The third kappa shape index (κ3) is 10.6. The fourth-order valence-electron chi connectivity index (χ4n) is 3.32. The van der Waals surface area contributed by atoms with Crippen molar-refractivity contribution >= 4 is 29.0 Å². The van der Waals surface area contributed by atoms with Gasteiger partial charge in [0.1, 0.15) is 12.2 Å². The van der Waals surface area contributed by atoms with Gasteiger partial charge in [-0.3, -0.25) is 9.59 Å². The third-order valence-corrected chi connectivity index (χ3v) is 4.67. The van der Waals surface area contributed by atoms with E-state index in [0.29, 0.717) is 11.3 Å². The lowest BCUT2D eigenvalue weighted by Gasteiger charge is -2.26. The highest BCUT2D eigenvalue weighted by molar-refractivity contribution is 6.06. The minimum absolute atomic E-state index is 0. The van der Waals surface area contributed by atoms with Crippen molar-refractivity contribution in [2.24, 2.45) is 0 Å². The topological polar surface area (TPSA) is 112 Å². The molecule has 210 valence electrons. The van der Waals surface area contributed by atoms with Crippen molar-refractivity contribution in [1.29, 1.82) is 5.41 Å². The van der Waals surface area contributed by atoms with E-state index in [9.17, 15) is 14.7 Å². The highest BCUT2D eigenvalue weighted by Crippen LogP contribution is 2.38. The number of fused-ring (bicyclic) bond motifs is 1. The van der Waals surface area contributed by atoms with Crippen LogP contribution in [0.25, 0.3) is 22.6 Å². The summed E-state index contributed by atoms with van der Waals surface area (Å²) in [6.07, 6.45) is 2.71. The first-order valence-electron chi connectivity index (χ1n) is 12.7. The Morgan fingerprint density at radius 3 is 2.13 bits per heavy atom. The zero-order valence-electron chi connectivity index (χ0n) is 23.7. The zero-order chi connectivity index (χ0) is 28.5. The molecule has 0 aromatic heterocycles. The molecule has 1 amide bonds. The summed E-state index contributed by atoms with van der Waals surface area (Å²) in [5, 5.41) is 22.9. The number of hydrogen-bond acceptors (Lipinski definition) is 6. The lowest BCUT2D eigenvalue weighted by molar-refractivity contribution is -0.140. The van der Waals surface area contributed by atoms with E-state index >= 15 is 0 Å². The molecule has 38 heavy (non-hydrogen) atoms. The number of allylic oxidation sites excluding steroid dienone is 1. The van der Waals surface area contributed by atoms with E-state index in [-0.39, 0.29) is 25.4 Å². The Labute approximate surface area is 229 Å². The van der Waals surface area contributed by atoms with Gasteiger partial charge >= 0.3 is 5.97 Å². The van der Waals surface area contributed by atoms with Crippen LogP contribution >= 0.6 is 0 Å². The van der Waals surface area contributed by atoms with Gasteiger partial charge in [-0.15, -0.1) is 0 Å². The van der Waals surface area contributed by atoms with Crippen LogP contribution in [0.5, 0.6) is 0 Å². The van der Waals surface area contributed by atoms with Crippen LogP contribution in [0.4, 0.5) is 0 Å². The molecule has 4 N–H and O–H groups in total. The molecule has 1 aliphatic heterocycles. The van der Waals surface area contributed by atoms with Crippen molar-refractivity contribution in [3.05, 3.63) is 70.9 Å². The van der Waals surface area contributed by atoms with Crippen LogP contribution < -0.4 is 10.6 Å². The molecule has 0 radical (unpaired) electrons. The normalized spacial score (nSPS) is 11.9. The summed E-state index contributed by atoms with van der Waals surface area (Å²) in [6, 6.07) is 13.7. The fourth-order valence-corrected chi connectivity index (χ4v) is 3.32. The minimum Gasteiger partial charge on any atom is -0.505 e. The number of methoxy groups -OCH3 is 1. The summed E-state index contributed by atoms with van der Waals surface area (Å²) in [4.78, 5) is 23.9. The Morgan fingerprint density at radius 2 is 1.61 bits per heavy atom.